The van der Waals surface area contributed by atoms with Crippen LogP contribution in [0.5, 0.6) is 11.5 Å². The Kier molecular flexibility index (Phi) is 4.80. The zero-order chi connectivity index (χ0) is 18.9. The molecule has 2 heterocycles. The molecule has 1 N–H and O–H groups in total. The van der Waals surface area contributed by atoms with Crippen LogP contribution in [0, 0.1) is 0 Å². The number of benzene rings is 1. The van der Waals surface area contributed by atoms with Gasteiger partial charge in [-0.05, 0) is 32.4 Å². The highest BCUT2D eigenvalue weighted by atomic mass is 16.5. The molecule has 2 amide bonds. The van der Waals surface area contributed by atoms with Gasteiger partial charge in [0.1, 0.15) is 22.9 Å². The number of aromatic nitrogens is 2. The van der Waals surface area contributed by atoms with Crippen LogP contribution in [0.2, 0.25) is 0 Å². The average Bonchev–Trinajstić information content (AvgIpc) is 2.87. The first-order valence-electron chi connectivity index (χ1n) is 8.76. The van der Waals surface area contributed by atoms with E-state index in [9.17, 15) is 4.79 Å². The Balaban J connectivity index is 1.84. The molecule has 1 aromatic heterocycles. The summed E-state index contributed by atoms with van der Waals surface area (Å²) in [6, 6.07) is 7.42. The molecule has 1 aromatic carbocycles. The van der Waals surface area contributed by atoms with Gasteiger partial charge in [0, 0.05) is 24.7 Å². The molecular weight excluding hydrogens is 332 g/mol. The third kappa shape index (κ3) is 3.76. The Morgan fingerprint density at radius 2 is 2.15 bits per heavy atom. The summed E-state index contributed by atoms with van der Waals surface area (Å²) in [5.74, 6) is 2.17. The first-order valence-corrected chi connectivity index (χ1v) is 8.76. The molecule has 140 valence electrons. The van der Waals surface area contributed by atoms with E-state index in [0.717, 1.165) is 29.2 Å². The van der Waals surface area contributed by atoms with E-state index >= 15 is 0 Å². The monoisotopic (exact) mass is 358 g/mol. The second-order valence-corrected chi connectivity index (χ2v) is 7.12. The van der Waals surface area contributed by atoms with E-state index in [4.69, 9.17) is 9.47 Å². The summed E-state index contributed by atoms with van der Waals surface area (Å²) in [4.78, 5) is 14.6. The molecule has 0 bridgehead atoms. The highest BCUT2D eigenvalue weighted by Gasteiger charge is 2.32. The number of ether oxygens (including phenoxy) is 2. The molecule has 2 aromatic rings. The summed E-state index contributed by atoms with van der Waals surface area (Å²) in [7, 11) is 3.45. The molecule has 7 heteroatoms. The smallest absolute Gasteiger partial charge is 0.323 e. The number of carbonyl (C=O) groups excluding carboxylic acids is 1. The Bertz CT molecular complexity index is 813. The van der Waals surface area contributed by atoms with Gasteiger partial charge in [0.15, 0.2) is 0 Å². The van der Waals surface area contributed by atoms with Crippen LogP contribution in [0.1, 0.15) is 32.0 Å². The largest absolute Gasteiger partial charge is 0.497 e. The van der Waals surface area contributed by atoms with Gasteiger partial charge in [0.2, 0.25) is 0 Å². The Morgan fingerprint density at radius 1 is 1.38 bits per heavy atom. The predicted molar refractivity (Wildman–Crippen MR) is 99.7 cm³/mol. The molecule has 7 nitrogen and oxygen atoms in total. The van der Waals surface area contributed by atoms with Crippen molar-refractivity contribution in [3.63, 3.8) is 0 Å². The standard InChI is InChI=1S/C19H26N4O3/c1-6-14-9-17(22(4)21-14)20-18(24)23-11-13-7-8-15(25-5)10-16(13)26-19(2,3)12-23/h7-10H,6,11-12H2,1-5H3,(H,20,24). The molecule has 0 aliphatic carbocycles. The average molecular weight is 358 g/mol. The Hall–Kier alpha value is -2.70. The molecule has 0 saturated carbocycles. The topological polar surface area (TPSA) is 68.6 Å². The molecule has 0 radical (unpaired) electrons. The van der Waals surface area contributed by atoms with Crippen molar-refractivity contribution in [2.24, 2.45) is 7.05 Å². The second-order valence-electron chi connectivity index (χ2n) is 7.12. The lowest BCUT2D eigenvalue weighted by Crippen LogP contribution is -2.45. The predicted octanol–water partition coefficient (Wildman–Crippen LogP) is 3.20. The number of aryl methyl sites for hydroxylation is 2. The van der Waals surface area contributed by atoms with Crippen molar-refractivity contribution in [1.82, 2.24) is 14.7 Å². The van der Waals surface area contributed by atoms with Gasteiger partial charge in [-0.2, -0.15) is 5.10 Å². The van der Waals surface area contributed by atoms with Gasteiger partial charge >= 0.3 is 6.03 Å². The quantitative estimate of drug-likeness (QED) is 0.915. The lowest BCUT2D eigenvalue weighted by molar-refractivity contribution is 0.0832. The summed E-state index contributed by atoms with van der Waals surface area (Å²) >= 11 is 0. The van der Waals surface area contributed by atoms with E-state index in [1.807, 2.05) is 52.1 Å². The van der Waals surface area contributed by atoms with Crippen LogP contribution in [0.25, 0.3) is 0 Å². The number of urea groups is 1. The number of methoxy groups -OCH3 is 1. The fraction of sp³-hybridized carbons (Fsp3) is 0.474. The number of anilines is 1. The second kappa shape index (κ2) is 6.90. The van der Waals surface area contributed by atoms with Gasteiger partial charge in [-0.15, -0.1) is 0 Å². The molecule has 0 unspecified atom stereocenters. The summed E-state index contributed by atoms with van der Waals surface area (Å²) in [6.07, 6.45) is 0.823. The van der Waals surface area contributed by atoms with E-state index < -0.39 is 5.60 Å². The minimum absolute atomic E-state index is 0.170. The van der Waals surface area contributed by atoms with Crippen LogP contribution in [0.4, 0.5) is 10.6 Å². The first kappa shape index (κ1) is 18.1. The lowest BCUT2D eigenvalue weighted by Gasteiger charge is -2.29. The van der Waals surface area contributed by atoms with E-state index in [-0.39, 0.29) is 6.03 Å². The van der Waals surface area contributed by atoms with Gasteiger partial charge < -0.3 is 14.4 Å². The van der Waals surface area contributed by atoms with Crippen LogP contribution in [-0.4, -0.2) is 40.0 Å². The van der Waals surface area contributed by atoms with Gasteiger partial charge in [0.25, 0.3) is 0 Å². The fourth-order valence-corrected chi connectivity index (χ4v) is 3.09. The molecule has 0 fully saturated rings. The highest BCUT2D eigenvalue weighted by molar-refractivity contribution is 5.88. The molecule has 26 heavy (non-hydrogen) atoms. The van der Waals surface area contributed by atoms with Gasteiger partial charge in [0.05, 0.1) is 25.9 Å². The number of fused-ring (bicyclic) bond motifs is 1. The highest BCUT2D eigenvalue weighted by Crippen LogP contribution is 2.32. The van der Waals surface area contributed by atoms with Crippen LogP contribution in [0.15, 0.2) is 24.3 Å². The van der Waals surface area contributed by atoms with Crippen LogP contribution in [-0.2, 0) is 20.0 Å². The number of rotatable bonds is 3. The van der Waals surface area contributed by atoms with Crippen molar-refractivity contribution in [3.05, 3.63) is 35.5 Å². The third-order valence-corrected chi connectivity index (χ3v) is 4.41. The summed E-state index contributed by atoms with van der Waals surface area (Å²) in [5, 5.41) is 7.34. The van der Waals surface area contributed by atoms with Crippen LogP contribution in [0.3, 0.4) is 0 Å². The number of hydrogen-bond donors (Lipinski definition) is 1. The van der Waals surface area contributed by atoms with Crippen molar-refractivity contribution in [1.29, 1.82) is 0 Å². The zero-order valence-electron chi connectivity index (χ0n) is 16.0. The minimum Gasteiger partial charge on any atom is -0.497 e. The van der Waals surface area contributed by atoms with E-state index in [0.29, 0.717) is 18.9 Å². The first-order chi connectivity index (χ1) is 12.3. The molecule has 0 saturated heterocycles. The lowest BCUT2D eigenvalue weighted by atomic mass is 10.1. The SMILES string of the molecule is CCc1cc(NC(=O)N2Cc3ccc(OC)cc3OC(C)(C)C2)n(C)n1. The van der Waals surface area contributed by atoms with Crippen LogP contribution < -0.4 is 14.8 Å². The number of nitrogens with zero attached hydrogens (tertiary/aromatic N) is 3. The number of nitrogens with one attached hydrogen (secondary N) is 1. The van der Waals surface area contributed by atoms with Crippen molar-refractivity contribution in [3.8, 4) is 11.5 Å². The Morgan fingerprint density at radius 3 is 2.81 bits per heavy atom. The van der Waals surface area contributed by atoms with Crippen molar-refractivity contribution in [2.75, 3.05) is 19.0 Å². The third-order valence-electron chi connectivity index (χ3n) is 4.41. The number of amides is 2. The summed E-state index contributed by atoms with van der Waals surface area (Å²) in [5.41, 5.74) is 1.38. The normalized spacial score (nSPS) is 15.7. The van der Waals surface area contributed by atoms with E-state index in [1.165, 1.54) is 0 Å². The van der Waals surface area contributed by atoms with Gasteiger partial charge in [-0.1, -0.05) is 6.92 Å². The maximum atomic E-state index is 12.9. The van der Waals surface area contributed by atoms with Crippen LogP contribution >= 0.6 is 0 Å². The van der Waals surface area contributed by atoms with Crippen molar-refractivity contribution >= 4 is 11.8 Å². The molecular formula is C19H26N4O3. The van der Waals surface area contributed by atoms with Crippen molar-refractivity contribution in [2.45, 2.75) is 39.3 Å². The van der Waals surface area contributed by atoms with Crippen molar-refractivity contribution < 1.29 is 14.3 Å². The zero-order valence-corrected chi connectivity index (χ0v) is 16.0. The number of hydrogen-bond acceptors (Lipinski definition) is 4. The maximum absolute atomic E-state index is 12.9. The number of carbonyl (C=O) groups is 1. The Labute approximate surface area is 153 Å². The van der Waals surface area contributed by atoms with Gasteiger partial charge in [-0.25, -0.2) is 4.79 Å². The fourth-order valence-electron chi connectivity index (χ4n) is 3.09. The summed E-state index contributed by atoms with van der Waals surface area (Å²) in [6.45, 7) is 6.91. The molecule has 3 rings (SSSR count). The maximum Gasteiger partial charge on any atom is 0.323 e. The van der Waals surface area contributed by atoms with E-state index in [2.05, 4.69) is 10.4 Å². The molecule has 1 aliphatic heterocycles. The minimum atomic E-state index is -0.518. The molecule has 0 spiro atoms. The molecule has 0 atom stereocenters. The molecule has 1 aliphatic rings. The summed E-state index contributed by atoms with van der Waals surface area (Å²) < 4.78 is 13.1. The van der Waals surface area contributed by atoms with E-state index in [1.54, 1.807) is 16.7 Å². The van der Waals surface area contributed by atoms with Gasteiger partial charge in [-0.3, -0.25) is 10.00 Å².